The normalized spacial score (nSPS) is 11.4. The van der Waals surface area contributed by atoms with Crippen molar-refractivity contribution in [2.45, 2.75) is 33.3 Å². The highest BCUT2D eigenvalue weighted by atomic mass is 35.5. The molecule has 191 valence electrons. The number of aryl methyl sites for hydroxylation is 1. The van der Waals surface area contributed by atoms with Crippen LogP contribution in [0, 0.1) is 5.82 Å². The lowest BCUT2D eigenvalue weighted by molar-refractivity contribution is 0.102. The number of pyridine rings is 1. The third kappa shape index (κ3) is 6.48. The third-order valence-corrected chi connectivity index (χ3v) is 5.93. The molecular weight excluding hydrogens is 526 g/mol. The van der Waals surface area contributed by atoms with E-state index < -0.39 is 24.9 Å². The van der Waals surface area contributed by atoms with E-state index in [1.54, 1.807) is 13.8 Å². The van der Waals surface area contributed by atoms with Crippen molar-refractivity contribution in [1.82, 2.24) is 14.8 Å². The zero-order chi connectivity index (χ0) is 27.3. The molecule has 0 saturated heterocycles. The molecule has 0 aliphatic rings. The van der Waals surface area contributed by atoms with Gasteiger partial charge >= 0.3 is 14.5 Å². The topological polar surface area (TPSA) is 127 Å². The van der Waals surface area contributed by atoms with Crippen molar-refractivity contribution in [2.24, 2.45) is 0 Å². The molecule has 1 aromatic carbocycles. The van der Waals surface area contributed by atoms with Crippen molar-refractivity contribution >= 4 is 61.3 Å². The lowest BCUT2D eigenvalue weighted by Gasteiger charge is -2.26. The van der Waals surface area contributed by atoms with Gasteiger partial charge in [-0.25, -0.2) is 4.39 Å². The lowest BCUT2D eigenvalue weighted by Crippen LogP contribution is -2.42. The molecule has 10 nitrogen and oxygen atoms in total. The Hall–Kier alpha value is -3.41. The highest BCUT2D eigenvalue weighted by Gasteiger charge is 2.27. The number of carbonyl (C=O) groups is 2. The van der Waals surface area contributed by atoms with E-state index in [9.17, 15) is 23.8 Å². The average molecular weight is 547 g/mol. The van der Waals surface area contributed by atoms with Crippen molar-refractivity contribution in [3.63, 3.8) is 0 Å². The van der Waals surface area contributed by atoms with Gasteiger partial charge in [-0.2, -0.15) is 0 Å². The number of benzene rings is 1. The van der Waals surface area contributed by atoms with E-state index in [0.717, 1.165) is 18.2 Å². The molecule has 2 N–H and O–H groups in total. The molecule has 0 spiro atoms. The number of rotatable bonds is 10. The predicted molar refractivity (Wildman–Crippen MR) is 141 cm³/mol. The summed E-state index contributed by atoms with van der Waals surface area (Å²) in [5, 5.41) is 20.5. The summed E-state index contributed by atoms with van der Waals surface area (Å²) in [6.07, 6.45) is 0.948. The van der Waals surface area contributed by atoms with E-state index in [1.807, 2.05) is 0 Å². The molecule has 15 heteroatoms. The molecular formula is C22H21B2Cl2FN5O5. The maximum atomic E-state index is 14.1. The van der Waals surface area contributed by atoms with Crippen molar-refractivity contribution < 1.29 is 23.7 Å². The summed E-state index contributed by atoms with van der Waals surface area (Å²) in [6.45, 7) is 5.10. The molecule has 0 bridgehead atoms. The number of anilines is 2. The molecule has 0 fully saturated rings. The SMILES string of the molecule is CCn1cc(NC(=O)c2cc(OC(C)c3c(Cl)ccc(F)c3Cl)c(N([B]C=O)B(C)O)nn2)ccc1=O. The molecule has 2 aromatic heterocycles. The smallest absolute Gasteiger partial charge is 0.397 e. The molecule has 1 radical (unpaired) electrons. The van der Waals surface area contributed by atoms with Gasteiger partial charge in [0.25, 0.3) is 11.5 Å². The quantitative estimate of drug-likeness (QED) is 0.225. The number of nitrogens with zero attached hydrogens (tertiary/aromatic N) is 4. The van der Waals surface area contributed by atoms with Crippen molar-refractivity contribution in [2.75, 3.05) is 10.0 Å². The van der Waals surface area contributed by atoms with Crippen LogP contribution in [0.1, 0.15) is 36.0 Å². The Balaban J connectivity index is 2.02. The van der Waals surface area contributed by atoms with Gasteiger partial charge in [0.05, 0.1) is 10.7 Å². The minimum Gasteiger partial charge on any atom is -0.482 e. The summed E-state index contributed by atoms with van der Waals surface area (Å²) in [5.74, 6) is -1.57. The van der Waals surface area contributed by atoms with Gasteiger partial charge in [-0.05, 0) is 38.9 Å². The fourth-order valence-electron chi connectivity index (χ4n) is 3.39. The van der Waals surface area contributed by atoms with Crippen LogP contribution in [0.25, 0.3) is 0 Å². The standard InChI is InChI=1S/C22H21B2Cl2FN5O5/c1-4-31-10-13(5-8-18(31)34)28-22(35)16-9-17(21(30-29-16)32(23-11-33)24(3)36)37-12(2)19-14(25)6-7-15(27)20(19)26/h5-12,36H,4H2,1-3H3,(H,28,35). The van der Waals surface area contributed by atoms with E-state index in [2.05, 4.69) is 15.5 Å². The van der Waals surface area contributed by atoms with Crippen LogP contribution in [0.2, 0.25) is 16.9 Å². The van der Waals surface area contributed by atoms with Crippen LogP contribution in [0.4, 0.5) is 15.9 Å². The van der Waals surface area contributed by atoms with Gasteiger partial charge in [0.15, 0.2) is 17.3 Å². The highest BCUT2D eigenvalue weighted by molar-refractivity contribution is 6.82. The van der Waals surface area contributed by atoms with Crippen LogP contribution >= 0.6 is 23.2 Å². The van der Waals surface area contributed by atoms with Gasteiger partial charge in [0.1, 0.15) is 18.1 Å². The summed E-state index contributed by atoms with van der Waals surface area (Å²) in [7, 11) is -0.226. The van der Waals surface area contributed by atoms with Crippen LogP contribution in [0.15, 0.2) is 41.3 Å². The Bertz CT molecular complexity index is 1380. The third-order valence-electron chi connectivity index (χ3n) is 5.21. The maximum absolute atomic E-state index is 14.1. The highest BCUT2D eigenvalue weighted by Crippen LogP contribution is 2.37. The summed E-state index contributed by atoms with van der Waals surface area (Å²) in [6, 6.07) is 6.42. The summed E-state index contributed by atoms with van der Waals surface area (Å²) in [4.78, 5) is 35.9. The van der Waals surface area contributed by atoms with Gasteiger partial charge in [-0.3, -0.25) is 9.59 Å². The van der Waals surface area contributed by atoms with Gasteiger partial charge in [0.2, 0.25) is 0 Å². The second-order valence-corrected chi connectivity index (χ2v) is 8.54. The number of amides is 1. The molecule has 3 aromatic rings. The fourth-order valence-corrected chi connectivity index (χ4v) is 4.07. The lowest BCUT2D eigenvalue weighted by atomic mass is 9.73. The first-order chi connectivity index (χ1) is 17.6. The minimum absolute atomic E-state index is 0.0819. The molecule has 3 rings (SSSR count). The molecule has 0 aliphatic heterocycles. The van der Waals surface area contributed by atoms with Crippen molar-refractivity contribution in [1.29, 1.82) is 0 Å². The molecule has 1 amide bonds. The second kappa shape index (κ2) is 12.2. The van der Waals surface area contributed by atoms with Gasteiger partial charge in [-0.15, -0.1) is 10.2 Å². The summed E-state index contributed by atoms with van der Waals surface area (Å²) >= 11 is 12.3. The zero-order valence-corrected chi connectivity index (χ0v) is 21.5. The molecule has 2 heterocycles. The molecule has 1 unspecified atom stereocenters. The van der Waals surface area contributed by atoms with Crippen molar-refractivity contribution in [3.8, 4) is 5.75 Å². The second-order valence-electron chi connectivity index (χ2n) is 7.75. The van der Waals surface area contributed by atoms with E-state index in [-0.39, 0.29) is 38.4 Å². The zero-order valence-electron chi connectivity index (χ0n) is 20.0. The summed E-state index contributed by atoms with van der Waals surface area (Å²) in [5.41, 5.74) is 0.0650. The average Bonchev–Trinajstić information content (AvgIpc) is 2.86. The largest absolute Gasteiger partial charge is 0.482 e. The van der Waals surface area contributed by atoms with Gasteiger partial charge in [-0.1, -0.05) is 23.2 Å². The Kier molecular flexibility index (Phi) is 9.30. The van der Waals surface area contributed by atoms with Crippen LogP contribution in [0.5, 0.6) is 5.75 Å². The monoisotopic (exact) mass is 546 g/mol. The molecule has 0 saturated carbocycles. The fraction of sp³-hybridized carbons (Fsp3) is 0.227. The first-order valence-electron chi connectivity index (χ1n) is 11.0. The number of carbonyl (C=O) groups excluding carboxylic acids is 2. The predicted octanol–water partition coefficient (Wildman–Crippen LogP) is 3.22. The van der Waals surface area contributed by atoms with E-state index in [4.69, 9.17) is 27.9 Å². The Morgan fingerprint density at radius 3 is 2.73 bits per heavy atom. The van der Waals surface area contributed by atoms with Crippen LogP contribution in [-0.2, 0) is 11.3 Å². The van der Waals surface area contributed by atoms with E-state index in [0.29, 0.717) is 18.4 Å². The number of ether oxygens (including phenoxy) is 1. The molecule has 1 atom stereocenters. The van der Waals surface area contributed by atoms with E-state index in [1.165, 1.54) is 41.9 Å². The number of nitrogens with one attached hydrogen (secondary N) is 1. The minimum atomic E-state index is -1.23. The number of hydrogen-bond donors (Lipinski definition) is 2. The molecule has 0 aliphatic carbocycles. The van der Waals surface area contributed by atoms with Gasteiger partial charge < -0.3 is 29.2 Å². The van der Waals surface area contributed by atoms with Crippen LogP contribution < -0.4 is 20.3 Å². The number of aromatic nitrogens is 3. The van der Waals surface area contributed by atoms with Gasteiger partial charge in [0, 0.05) is 35.5 Å². The summed E-state index contributed by atoms with van der Waals surface area (Å²) < 4.78 is 22.5. The van der Waals surface area contributed by atoms with E-state index >= 15 is 0 Å². The first-order valence-corrected chi connectivity index (χ1v) is 11.8. The maximum Gasteiger partial charge on any atom is 0.397 e. The Morgan fingerprint density at radius 2 is 2.08 bits per heavy atom. The first kappa shape index (κ1) is 28.2. The Morgan fingerprint density at radius 1 is 1.35 bits per heavy atom. The number of hydrogen-bond acceptors (Lipinski definition) is 8. The van der Waals surface area contributed by atoms with Crippen molar-refractivity contribution in [3.05, 3.63) is 74.0 Å². The Labute approximate surface area is 222 Å². The number of halogens is 3. The molecule has 37 heavy (non-hydrogen) atoms. The van der Waals surface area contributed by atoms with Crippen LogP contribution in [0.3, 0.4) is 0 Å². The van der Waals surface area contributed by atoms with Crippen LogP contribution in [-0.4, -0.2) is 46.3 Å².